The standard InChI is InChI=1S/C25H23ClN2O5/c1-31-23(29)25(24(30)32-2)21(15-33-28(25)19-11-9-18(26)10-12-19)27-14-13-17-8-7-16-5-3-4-6-20(16)22(17)27/h3-12,21H,13-15H2,1-2H3. The van der Waals surface area contributed by atoms with Gasteiger partial charge in [-0.1, -0.05) is 48.0 Å². The molecule has 1 unspecified atom stereocenters. The van der Waals surface area contributed by atoms with Crippen molar-refractivity contribution in [2.24, 2.45) is 0 Å². The van der Waals surface area contributed by atoms with Crippen molar-refractivity contribution in [1.29, 1.82) is 0 Å². The molecule has 2 aliphatic rings. The van der Waals surface area contributed by atoms with Gasteiger partial charge in [-0.05, 0) is 41.6 Å². The van der Waals surface area contributed by atoms with Gasteiger partial charge in [0.15, 0.2) is 0 Å². The third-order valence-corrected chi connectivity index (χ3v) is 6.74. The number of methoxy groups -OCH3 is 2. The number of esters is 2. The number of carbonyl (C=O) groups is 2. The molecule has 2 aliphatic heterocycles. The molecule has 0 amide bonds. The Balaban J connectivity index is 1.70. The van der Waals surface area contributed by atoms with Crippen LogP contribution in [0.3, 0.4) is 0 Å². The van der Waals surface area contributed by atoms with Gasteiger partial charge in [-0.25, -0.2) is 14.7 Å². The molecule has 1 saturated heterocycles. The van der Waals surface area contributed by atoms with E-state index in [1.807, 2.05) is 18.2 Å². The molecular formula is C25H23ClN2O5. The quantitative estimate of drug-likeness (QED) is 0.428. The molecule has 5 rings (SSSR count). The summed E-state index contributed by atoms with van der Waals surface area (Å²) in [5.74, 6) is -1.50. The molecule has 33 heavy (non-hydrogen) atoms. The third-order valence-electron chi connectivity index (χ3n) is 6.49. The number of hydrogen-bond donors (Lipinski definition) is 0. The highest BCUT2D eigenvalue weighted by atomic mass is 35.5. The van der Waals surface area contributed by atoms with Gasteiger partial charge < -0.3 is 14.4 Å². The lowest BCUT2D eigenvalue weighted by Gasteiger charge is -2.39. The predicted octanol–water partition coefficient (Wildman–Crippen LogP) is 3.76. The van der Waals surface area contributed by atoms with E-state index in [0.29, 0.717) is 17.3 Å². The van der Waals surface area contributed by atoms with Crippen LogP contribution in [0.2, 0.25) is 5.02 Å². The number of hydrogen-bond acceptors (Lipinski definition) is 7. The molecule has 0 bridgehead atoms. The second kappa shape index (κ2) is 8.24. The summed E-state index contributed by atoms with van der Waals surface area (Å²) < 4.78 is 10.4. The van der Waals surface area contributed by atoms with E-state index < -0.39 is 23.5 Å². The molecule has 0 spiro atoms. The summed E-state index contributed by atoms with van der Waals surface area (Å²) in [6.07, 6.45) is 0.788. The van der Waals surface area contributed by atoms with Crippen LogP contribution in [-0.4, -0.2) is 50.9 Å². The van der Waals surface area contributed by atoms with Gasteiger partial charge in [-0.3, -0.25) is 4.84 Å². The normalized spacial score (nSPS) is 18.9. The summed E-state index contributed by atoms with van der Waals surface area (Å²) in [5.41, 5.74) is 0.782. The van der Waals surface area contributed by atoms with Crippen LogP contribution >= 0.6 is 11.6 Å². The number of fused-ring (bicyclic) bond motifs is 3. The Hall–Kier alpha value is -3.29. The van der Waals surface area contributed by atoms with E-state index in [1.54, 1.807) is 24.3 Å². The van der Waals surface area contributed by atoms with Crippen LogP contribution in [0, 0.1) is 0 Å². The number of hydroxylamine groups is 1. The van der Waals surface area contributed by atoms with Crippen molar-refractivity contribution in [2.45, 2.75) is 18.0 Å². The van der Waals surface area contributed by atoms with E-state index in [0.717, 1.165) is 28.4 Å². The van der Waals surface area contributed by atoms with E-state index >= 15 is 0 Å². The van der Waals surface area contributed by atoms with Crippen LogP contribution in [-0.2, 0) is 30.3 Å². The lowest BCUT2D eigenvalue weighted by Crippen LogP contribution is -2.67. The minimum atomic E-state index is -1.87. The number of anilines is 2. The second-order valence-corrected chi connectivity index (χ2v) is 8.51. The molecule has 0 saturated carbocycles. The van der Waals surface area contributed by atoms with E-state index in [9.17, 15) is 9.59 Å². The number of nitrogens with zero attached hydrogens (tertiary/aromatic N) is 2. The van der Waals surface area contributed by atoms with Crippen LogP contribution in [0.25, 0.3) is 10.8 Å². The molecule has 3 aromatic rings. The van der Waals surface area contributed by atoms with E-state index in [2.05, 4.69) is 23.1 Å². The number of halogens is 1. The first-order chi connectivity index (χ1) is 16.0. The van der Waals surface area contributed by atoms with Gasteiger partial charge in [0.2, 0.25) is 0 Å². The van der Waals surface area contributed by atoms with Gasteiger partial charge >= 0.3 is 11.9 Å². The van der Waals surface area contributed by atoms with Crippen LogP contribution in [0.15, 0.2) is 60.7 Å². The van der Waals surface area contributed by atoms with Crippen molar-refractivity contribution in [3.8, 4) is 0 Å². The smallest absolute Gasteiger partial charge is 0.348 e. The highest BCUT2D eigenvalue weighted by Gasteiger charge is 2.66. The van der Waals surface area contributed by atoms with Crippen LogP contribution in [0.4, 0.5) is 11.4 Å². The first-order valence-electron chi connectivity index (χ1n) is 10.6. The average molecular weight is 467 g/mol. The van der Waals surface area contributed by atoms with E-state index in [1.165, 1.54) is 19.3 Å². The molecule has 1 atom stereocenters. The van der Waals surface area contributed by atoms with Gasteiger partial charge in [0.25, 0.3) is 5.54 Å². The largest absolute Gasteiger partial charge is 0.467 e. The third kappa shape index (κ3) is 3.14. The second-order valence-electron chi connectivity index (χ2n) is 8.07. The fourth-order valence-corrected chi connectivity index (χ4v) is 5.14. The molecule has 7 nitrogen and oxygen atoms in total. The molecule has 0 aliphatic carbocycles. The maximum absolute atomic E-state index is 13.4. The zero-order chi connectivity index (χ0) is 23.2. The lowest BCUT2D eigenvalue weighted by molar-refractivity contribution is -0.162. The molecular weight excluding hydrogens is 444 g/mol. The van der Waals surface area contributed by atoms with Gasteiger partial charge in [-0.15, -0.1) is 0 Å². The monoisotopic (exact) mass is 466 g/mol. The lowest BCUT2D eigenvalue weighted by atomic mass is 9.88. The molecule has 1 fully saturated rings. The molecule has 0 aromatic heterocycles. The van der Waals surface area contributed by atoms with Gasteiger partial charge in [0.05, 0.1) is 26.5 Å². The average Bonchev–Trinajstić information content (AvgIpc) is 3.46. The topological polar surface area (TPSA) is 68.3 Å². The molecule has 2 heterocycles. The Bertz CT molecular complexity index is 1210. The maximum atomic E-state index is 13.4. The SMILES string of the molecule is COC(=O)C1(C(=O)OC)C(N2CCc3ccc4ccccc4c32)CON1c1ccc(Cl)cc1. The Kier molecular flexibility index (Phi) is 5.38. The summed E-state index contributed by atoms with van der Waals surface area (Å²) >= 11 is 6.06. The first-order valence-corrected chi connectivity index (χ1v) is 11.0. The zero-order valence-corrected chi connectivity index (χ0v) is 19.0. The number of carbonyl (C=O) groups excluding carboxylic acids is 2. The minimum Gasteiger partial charge on any atom is -0.467 e. The Morgan fingerprint density at radius 2 is 1.70 bits per heavy atom. The predicted molar refractivity (Wildman–Crippen MR) is 125 cm³/mol. The Morgan fingerprint density at radius 1 is 1.00 bits per heavy atom. The Morgan fingerprint density at radius 3 is 2.39 bits per heavy atom. The van der Waals surface area contributed by atoms with Crippen molar-refractivity contribution in [1.82, 2.24) is 0 Å². The van der Waals surface area contributed by atoms with Crippen molar-refractivity contribution < 1.29 is 23.9 Å². The zero-order valence-electron chi connectivity index (χ0n) is 18.3. The molecule has 170 valence electrons. The first kappa shape index (κ1) is 21.6. The Labute approximate surface area is 196 Å². The summed E-state index contributed by atoms with van der Waals surface area (Å²) in [5, 5.41) is 3.98. The summed E-state index contributed by atoms with van der Waals surface area (Å²) in [7, 11) is 2.52. The van der Waals surface area contributed by atoms with Gasteiger partial charge in [0.1, 0.15) is 6.04 Å². The highest BCUT2D eigenvalue weighted by molar-refractivity contribution is 6.30. The minimum absolute atomic E-state index is 0.0927. The summed E-state index contributed by atoms with van der Waals surface area (Å²) in [6, 6.07) is 18.3. The van der Waals surface area contributed by atoms with Crippen molar-refractivity contribution >= 4 is 45.7 Å². The number of benzene rings is 3. The highest BCUT2D eigenvalue weighted by Crippen LogP contribution is 2.44. The fourth-order valence-electron chi connectivity index (χ4n) is 5.01. The van der Waals surface area contributed by atoms with E-state index in [4.69, 9.17) is 25.9 Å². The van der Waals surface area contributed by atoms with Crippen LogP contribution in [0.1, 0.15) is 5.56 Å². The number of rotatable bonds is 4. The summed E-state index contributed by atoms with van der Waals surface area (Å²) in [6.45, 7) is 0.719. The van der Waals surface area contributed by atoms with Crippen LogP contribution in [0.5, 0.6) is 0 Å². The van der Waals surface area contributed by atoms with Crippen molar-refractivity contribution in [3.63, 3.8) is 0 Å². The van der Waals surface area contributed by atoms with Crippen LogP contribution < -0.4 is 9.96 Å². The molecule has 0 radical (unpaired) electrons. The summed E-state index contributed by atoms with van der Waals surface area (Å²) in [4.78, 5) is 35.0. The van der Waals surface area contributed by atoms with Crippen molar-refractivity contribution in [3.05, 3.63) is 71.2 Å². The molecule has 8 heteroatoms. The molecule has 0 N–H and O–H groups in total. The van der Waals surface area contributed by atoms with Gasteiger partial charge in [-0.2, -0.15) is 0 Å². The maximum Gasteiger partial charge on any atom is 0.348 e. The number of ether oxygens (including phenoxy) is 2. The van der Waals surface area contributed by atoms with Crippen molar-refractivity contribution in [2.75, 3.05) is 37.3 Å². The fraction of sp³-hybridized carbons (Fsp3) is 0.280. The van der Waals surface area contributed by atoms with Gasteiger partial charge in [0, 0.05) is 22.6 Å². The van der Waals surface area contributed by atoms with E-state index in [-0.39, 0.29) is 6.61 Å². The molecule has 3 aromatic carbocycles.